The Balaban J connectivity index is 1.46. The van der Waals surface area contributed by atoms with Crippen LogP contribution in [0.3, 0.4) is 0 Å². The second kappa shape index (κ2) is 8.63. The first-order chi connectivity index (χ1) is 11.7. The van der Waals surface area contributed by atoms with Gasteiger partial charge in [0.25, 0.3) is 0 Å². The molecule has 0 aromatic carbocycles. The van der Waals surface area contributed by atoms with Gasteiger partial charge in [-0.15, -0.1) is 0 Å². The normalized spacial score (nSPS) is 28.5. The van der Waals surface area contributed by atoms with Crippen molar-refractivity contribution < 1.29 is 14.3 Å². The van der Waals surface area contributed by atoms with Crippen LogP contribution in [0.25, 0.3) is 0 Å². The summed E-state index contributed by atoms with van der Waals surface area (Å²) in [5, 5.41) is 0. The van der Waals surface area contributed by atoms with Crippen molar-refractivity contribution >= 4 is 5.91 Å². The number of ether oxygens (including phenoxy) is 2. The molecule has 5 heteroatoms. The Hall–Kier alpha value is -0.650. The van der Waals surface area contributed by atoms with E-state index >= 15 is 0 Å². The van der Waals surface area contributed by atoms with E-state index in [-0.39, 0.29) is 0 Å². The Kier molecular flexibility index (Phi) is 6.53. The van der Waals surface area contributed by atoms with Crippen LogP contribution in [-0.4, -0.2) is 74.9 Å². The highest BCUT2D eigenvalue weighted by Crippen LogP contribution is 2.40. The third kappa shape index (κ3) is 4.70. The van der Waals surface area contributed by atoms with Crippen molar-refractivity contribution in [3.8, 4) is 0 Å². The number of carbonyl (C=O) groups excluding carboxylic acids is 1. The van der Waals surface area contributed by atoms with Gasteiger partial charge in [-0.25, -0.2) is 0 Å². The summed E-state index contributed by atoms with van der Waals surface area (Å²) in [5.74, 6) is 0.342. The molecule has 5 nitrogen and oxygen atoms in total. The molecule has 1 atom stereocenters. The first kappa shape index (κ1) is 18.2. The van der Waals surface area contributed by atoms with Gasteiger partial charge in [0.15, 0.2) is 0 Å². The highest BCUT2D eigenvalue weighted by molar-refractivity contribution is 5.77. The molecule has 138 valence electrons. The minimum absolute atomic E-state index is 0.342. The molecule has 3 rings (SSSR count). The van der Waals surface area contributed by atoms with Crippen molar-refractivity contribution in [3.63, 3.8) is 0 Å². The van der Waals surface area contributed by atoms with Crippen LogP contribution in [0.4, 0.5) is 0 Å². The molecule has 3 aliphatic rings. The van der Waals surface area contributed by atoms with Gasteiger partial charge in [0.2, 0.25) is 5.91 Å². The average Bonchev–Trinajstić information content (AvgIpc) is 2.61. The minimum Gasteiger partial charge on any atom is -0.385 e. The molecule has 0 N–H and O–H groups in total. The highest BCUT2D eigenvalue weighted by atomic mass is 16.5. The summed E-state index contributed by atoms with van der Waals surface area (Å²) in [7, 11) is 1.73. The lowest BCUT2D eigenvalue weighted by molar-refractivity contribution is -0.139. The molecule has 0 radical (unpaired) electrons. The number of nitrogens with zero attached hydrogens (tertiary/aromatic N) is 2. The summed E-state index contributed by atoms with van der Waals surface area (Å²) < 4.78 is 11.0. The maximum absolute atomic E-state index is 12.2. The molecule has 1 spiro atoms. The predicted octanol–water partition coefficient (Wildman–Crippen LogP) is 2.30. The van der Waals surface area contributed by atoms with Crippen molar-refractivity contribution in [2.75, 3.05) is 53.0 Å². The first-order valence-corrected chi connectivity index (χ1v) is 9.81. The Morgan fingerprint density at radius 3 is 2.79 bits per heavy atom. The van der Waals surface area contributed by atoms with E-state index in [1.165, 1.54) is 45.2 Å². The SMILES string of the molecule is COCCCN1CC2(CCC1=O)CCN(C[C@H]1CCCCO1)CC2. The summed E-state index contributed by atoms with van der Waals surface area (Å²) in [5.41, 5.74) is 0.366. The lowest BCUT2D eigenvalue weighted by Crippen LogP contribution is -2.52. The summed E-state index contributed by atoms with van der Waals surface area (Å²) in [6.45, 7) is 6.94. The lowest BCUT2D eigenvalue weighted by atomic mass is 9.72. The van der Waals surface area contributed by atoms with E-state index in [1.807, 2.05) is 0 Å². The number of carbonyl (C=O) groups is 1. The molecule has 0 aromatic rings. The van der Waals surface area contributed by atoms with Crippen molar-refractivity contribution in [3.05, 3.63) is 0 Å². The van der Waals surface area contributed by atoms with Gasteiger partial charge in [0, 0.05) is 46.4 Å². The van der Waals surface area contributed by atoms with Crippen molar-refractivity contribution in [2.24, 2.45) is 5.41 Å². The van der Waals surface area contributed by atoms with Gasteiger partial charge >= 0.3 is 0 Å². The molecule has 1 amide bonds. The third-order valence-corrected chi connectivity index (χ3v) is 6.18. The number of amides is 1. The molecular weight excluding hydrogens is 304 g/mol. The molecule has 3 heterocycles. The van der Waals surface area contributed by atoms with Crippen LogP contribution in [0.15, 0.2) is 0 Å². The lowest BCUT2D eigenvalue weighted by Gasteiger charge is -2.48. The van der Waals surface area contributed by atoms with Crippen LogP contribution in [0, 0.1) is 5.41 Å². The average molecular weight is 338 g/mol. The number of methoxy groups -OCH3 is 1. The van der Waals surface area contributed by atoms with E-state index in [0.29, 0.717) is 17.4 Å². The monoisotopic (exact) mass is 338 g/mol. The fourth-order valence-corrected chi connectivity index (χ4v) is 4.56. The Morgan fingerprint density at radius 1 is 1.25 bits per heavy atom. The molecule has 0 aromatic heterocycles. The zero-order valence-electron chi connectivity index (χ0n) is 15.3. The van der Waals surface area contributed by atoms with Crippen LogP contribution in [0.1, 0.15) is 51.4 Å². The molecule has 24 heavy (non-hydrogen) atoms. The smallest absolute Gasteiger partial charge is 0.222 e. The van der Waals surface area contributed by atoms with Gasteiger partial charge in [-0.2, -0.15) is 0 Å². The van der Waals surface area contributed by atoms with Crippen molar-refractivity contribution in [1.82, 2.24) is 9.80 Å². The van der Waals surface area contributed by atoms with Crippen molar-refractivity contribution in [2.45, 2.75) is 57.5 Å². The largest absolute Gasteiger partial charge is 0.385 e. The third-order valence-electron chi connectivity index (χ3n) is 6.18. The quantitative estimate of drug-likeness (QED) is 0.697. The fourth-order valence-electron chi connectivity index (χ4n) is 4.56. The topological polar surface area (TPSA) is 42.0 Å². The van der Waals surface area contributed by atoms with E-state index < -0.39 is 0 Å². The minimum atomic E-state index is 0.342. The summed E-state index contributed by atoms with van der Waals surface area (Å²) in [6, 6.07) is 0. The molecule has 0 saturated carbocycles. The number of hydrogen-bond acceptors (Lipinski definition) is 4. The molecule has 0 unspecified atom stereocenters. The highest BCUT2D eigenvalue weighted by Gasteiger charge is 2.40. The van der Waals surface area contributed by atoms with E-state index in [9.17, 15) is 4.79 Å². The second-order valence-corrected chi connectivity index (χ2v) is 7.95. The Bertz CT molecular complexity index is 401. The van der Waals surface area contributed by atoms with Gasteiger partial charge in [0.1, 0.15) is 0 Å². The van der Waals surface area contributed by atoms with Crippen LogP contribution < -0.4 is 0 Å². The van der Waals surface area contributed by atoms with Crippen LogP contribution in [-0.2, 0) is 14.3 Å². The predicted molar refractivity (Wildman–Crippen MR) is 94.0 cm³/mol. The number of hydrogen-bond donors (Lipinski definition) is 0. The van der Waals surface area contributed by atoms with E-state index in [1.54, 1.807) is 7.11 Å². The number of rotatable bonds is 6. The van der Waals surface area contributed by atoms with E-state index in [4.69, 9.17) is 9.47 Å². The summed E-state index contributed by atoms with van der Waals surface area (Å²) in [6.07, 6.45) is 9.45. The van der Waals surface area contributed by atoms with Crippen LogP contribution >= 0.6 is 0 Å². The van der Waals surface area contributed by atoms with Gasteiger partial charge in [-0.3, -0.25) is 4.79 Å². The molecule has 3 fully saturated rings. The fraction of sp³-hybridized carbons (Fsp3) is 0.947. The zero-order valence-corrected chi connectivity index (χ0v) is 15.3. The molecule has 3 aliphatic heterocycles. The second-order valence-electron chi connectivity index (χ2n) is 7.95. The maximum atomic E-state index is 12.2. The molecule has 0 bridgehead atoms. The van der Waals surface area contributed by atoms with Gasteiger partial charge in [-0.1, -0.05) is 0 Å². The van der Waals surface area contributed by atoms with E-state index in [2.05, 4.69) is 9.80 Å². The number of piperidine rings is 2. The number of likely N-dealkylation sites (tertiary alicyclic amines) is 2. The van der Waals surface area contributed by atoms with Crippen LogP contribution in [0.5, 0.6) is 0 Å². The van der Waals surface area contributed by atoms with Crippen molar-refractivity contribution in [1.29, 1.82) is 0 Å². The maximum Gasteiger partial charge on any atom is 0.222 e. The van der Waals surface area contributed by atoms with Gasteiger partial charge < -0.3 is 19.3 Å². The Labute approximate surface area is 146 Å². The first-order valence-electron chi connectivity index (χ1n) is 9.81. The zero-order chi connectivity index (χ0) is 16.8. The Morgan fingerprint density at radius 2 is 2.08 bits per heavy atom. The van der Waals surface area contributed by atoms with Gasteiger partial charge in [-0.05, 0) is 63.5 Å². The van der Waals surface area contributed by atoms with Gasteiger partial charge in [0.05, 0.1) is 6.10 Å². The summed E-state index contributed by atoms with van der Waals surface area (Å²) in [4.78, 5) is 16.9. The van der Waals surface area contributed by atoms with Crippen LogP contribution in [0.2, 0.25) is 0 Å². The molecular formula is C19H34N2O3. The standard InChI is InChI=1S/C19H34N2O3/c1-23-13-4-10-21-16-19(7-6-18(21)22)8-11-20(12-9-19)15-17-5-2-3-14-24-17/h17H,2-16H2,1H3/t17-/m1/s1. The van der Waals surface area contributed by atoms with E-state index in [0.717, 1.165) is 52.1 Å². The molecule has 3 saturated heterocycles. The summed E-state index contributed by atoms with van der Waals surface area (Å²) >= 11 is 0. The molecule has 0 aliphatic carbocycles.